The fraction of sp³-hybridized carbons (Fsp3) is 0.692. The van der Waals surface area contributed by atoms with Gasteiger partial charge in [0.1, 0.15) is 6.33 Å². The Labute approximate surface area is 113 Å². The van der Waals surface area contributed by atoms with Gasteiger partial charge in [0.25, 0.3) is 0 Å². The molecular weight excluding hydrogens is 244 g/mol. The fourth-order valence-corrected chi connectivity index (χ4v) is 2.09. The summed E-state index contributed by atoms with van der Waals surface area (Å²) in [5, 5.41) is 6.62. The lowest BCUT2D eigenvalue weighted by molar-refractivity contribution is 0.0874. The van der Waals surface area contributed by atoms with Crippen LogP contribution in [0.4, 0.5) is 11.6 Å². The molecule has 1 fully saturated rings. The van der Waals surface area contributed by atoms with Crippen molar-refractivity contribution in [2.45, 2.75) is 32.2 Å². The van der Waals surface area contributed by atoms with Gasteiger partial charge in [0.15, 0.2) is 11.6 Å². The topological polar surface area (TPSA) is 68.3 Å². The zero-order valence-corrected chi connectivity index (χ0v) is 11.6. The molecule has 6 nitrogen and oxygen atoms in total. The highest BCUT2D eigenvalue weighted by atomic mass is 16.5. The minimum absolute atomic E-state index is 0.288. The first-order chi connectivity index (χ1) is 9.35. The number of ether oxygens (including phenoxy) is 2. The second kappa shape index (κ2) is 7.13. The van der Waals surface area contributed by atoms with E-state index in [9.17, 15) is 0 Å². The largest absolute Gasteiger partial charge is 0.490 e. The van der Waals surface area contributed by atoms with Crippen molar-refractivity contribution in [3.63, 3.8) is 0 Å². The number of rotatable bonds is 6. The van der Waals surface area contributed by atoms with Crippen molar-refractivity contribution in [2.24, 2.45) is 0 Å². The predicted octanol–water partition coefficient (Wildman–Crippen LogP) is 1.90. The highest BCUT2D eigenvalue weighted by molar-refractivity contribution is 5.63. The van der Waals surface area contributed by atoms with Crippen LogP contribution in [-0.2, 0) is 4.74 Å². The molecule has 1 aromatic rings. The molecule has 0 radical (unpaired) electrons. The zero-order chi connectivity index (χ0) is 13.5. The van der Waals surface area contributed by atoms with Gasteiger partial charge in [-0.05, 0) is 19.3 Å². The molecule has 2 heterocycles. The standard InChI is InChI=1S/C13H22N4O2/c1-3-6-14-12-11(18-2)13(16-9-15-12)17-10-5-4-7-19-8-10/h9-10H,3-8H2,1-2H3,(H2,14,15,16,17). The van der Waals surface area contributed by atoms with Crippen LogP contribution in [0.3, 0.4) is 0 Å². The van der Waals surface area contributed by atoms with Crippen molar-refractivity contribution >= 4 is 11.6 Å². The Bertz CT molecular complexity index is 394. The van der Waals surface area contributed by atoms with Gasteiger partial charge in [-0.3, -0.25) is 0 Å². The average Bonchev–Trinajstić information content (AvgIpc) is 2.46. The van der Waals surface area contributed by atoms with E-state index in [-0.39, 0.29) is 6.04 Å². The molecule has 1 atom stereocenters. The highest BCUT2D eigenvalue weighted by Crippen LogP contribution is 2.30. The molecule has 1 unspecified atom stereocenters. The van der Waals surface area contributed by atoms with E-state index < -0.39 is 0 Å². The molecule has 0 aromatic carbocycles. The molecule has 1 aliphatic heterocycles. The van der Waals surface area contributed by atoms with Crippen LogP contribution in [0.15, 0.2) is 6.33 Å². The molecule has 1 aromatic heterocycles. The third-order valence-electron chi connectivity index (χ3n) is 3.05. The Morgan fingerprint density at radius 3 is 2.95 bits per heavy atom. The Morgan fingerprint density at radius 1 is 1.42 bits per heavy atom. The van der Waals surface area contributed by atoms with Gasteiger partial charge in [-0.2, -0.15) is 0 Å². The van der Waals surface area contributed by atoms with Crippen molar-refractivity contribution in [1.29, 1.82) is 0 Å². The van der Waals surface area contributed by atoms with Crippen molar-refractivity contribution in [3.8, 4) is 5.75 Å². The first-order valence-electron chi connectivity index (χ1n) is 6.82. The van der Waals surface area contributed by atoms with Crippen LogP contribution < -0.4 is 15.4 Å². The number of nitrogens with zero attached hydrogens (tertiary/aromatic N) is 2. The summed E-state index contributed by atoms with van der Waals surface area (Å²) >= 11 is 0. The van der Waals surface area contributed by atoms with Gasteiger partial charge >= 0.3 is 0 Å². The van der Waals surface area contributed by atoms with Crippen LogP contribution in [-0.4, -0.2) is 42.9 Å². The van der Waals surface area contributed by atoms with E-state index in [4.69, 9.17) is 9.47 Å². The van der Waals surface area contributed by atoms with Crippen LogP contribution in [0.2, 0.25) is 0 Å². The van der Waals surface area contributed by atoms with E-state index in [0.717, 1.165) is 44.0 Å². The van der Waals surface area contributed by atoms with E-state index in [0.29, 0.717) is 12.4 Å². The van der Waals surface area contributed by atoms with E-state index in [2.05, 4.69) is 27.5 Å². The Kier molecular flexibility index (Phi) is 5.20. The maximum Gasteiger partial charge on any atom is 0.204 e. The molecule has 2 rings (SSSR count). The molecule has 0 amide bonds. The number of methoxy groups -OCH3 is 1. The van der Waals surface area contributed by atoms with Crippen LogP contribution >= 0.6 is 0 Å². The second-order valence-electron chi connectivity index (χ2n) is 4.59. The highest BCUT2D eigenvalue weighted by Gasteiger charge is 2.18. The van der Waals surface area contributed by atoms with Gasteiger partial charge in [-0.25, -0.2) is 9.97 Å². The third kappa shape index (κ3) is 3.70. The van der Waals surface area contributed by atoms with E-state index in [1.165, 1.54) is 0 Å². The Morgan fingerprint density at radius 2 is 2.26 bits per heavy atom. The maximum absolute atomic E-state index is 5.46. The van der Waals surface area contributed by atoms with Gasteiger partial charge in [0.2, 0.25) is 5.75 Å². The lowest BCUT2D eigenvalue weighted by Crippen LogP contribution is -2.30. The van der Waals surface area contributed by atoms with Gasteiger partial charge in [-0.15, -0.1) is 0 Å². The SMILES string of the molecule is CCCNc1ncnc(NC2CCCOC2)c1OC. The fourth-order valence-electron chi connectivity index (χ4n) is 2.09. The molecule has 2 N–H and O–H groups in total. The monoisotopic (exact) mass is 266 g/mol. The molecule has 0 bridgehead atoms. The Balaban J connectivity index is 2.09. The normalized spacial score (nSPS) is 18.9. The van der Waals surface area contributed by atoms with Crippen LogP contribution in [0.5, 0.6) is 5.75 Å². The first-order valence-corrected chi connectivity index (χ1v) is 6.82. The van der Waals surface area contributed by atoms with Crippen molar-refractivity contribution in [3.05, 3.63) is 6.33 Å². The molecule has 0 spiro atoms. The minimum atomic E-state index is 0.288. The van der Waals surface area contributed by atoms with E-state index in [1.54, 1.807) is 13.4 Å². The summed E-state index contributed by atoms with van der Waals surface area (Å²) in [5.74, 6) is 2.13. The molecule has 0 aliphatic carbocycles. The molecule has 6 heteroatoms. The molecule has 1 aliphatic rings. The van der Waals surface area contributed by atoms with E-state index >= 15 is 0 Å². The summed E-state index contributed by atoms with van der Waals surface area (Å²) < 4.78 is 10.9. The zero-order valence-electron chi connectivity index (χ0n) is 11.6. The lowest BCUT2D eigenvalue weighted by atomic mass is 10.1. The summed E-state index contributed by atoms with van der Waals surface area (Å²) in [6.07, 6.45) is 4.75. The van der Waals surface area contributed by atoms with Gasteiger partial charge in [0.05, 0.1) is 19.8 Å². The molecule has 0 saturated carbocycles. The van der Waals surface area contributed by atoms with Gasteiger partial charge in [-0.1, -0.05) is 6.92 Å². The van der Waals surface area contributed by atoms with Gasteiger partial charge in [0, 0.05) is 13.2 Å². The summed E-state index contributed by atoms with van der Waals surface area (Å²) in [6.45, 7) is 4.53. The Hall–Kier alpha value is -1.56. The first kappa shape index (κ1) is 13.9. The smallest absolute Gasteiger partial charge is 0.204 e. The second-order valence-corrected chi connectivity index (χ2v) is 4.59. The number of aromatic nitrogens is 2. The predicted molar refractivity (Wildman–Crippen MR) is 74.8 cm³/mol. The third-order valence-corrected chi connectivity index (χ3v) is 3.05. The van der Waals surface area contributed by atoms with Crippen LogP contribution in [0.25, 0.3) is 0 Å². The summed E-state index contributed by atoms with van der Waals surface area (Å²) in [4.78, 5) is 8.49. The van der Waals surface area contributed by atoms with Crippen LogP contribution in [0.1, 0.15) is 26.2 Å². The molecule has 106 valence electrons. The van der Waals surface area contributed by atoms with Crippen molar-refractivity contribution in [2.75, 3.05) is 37.5 Å². The lowest BCUT2D eigenvalue weighted by Gasteiger charge is -2.24. The number of nitrogens with one attached hydrogen (secondary N) is 2. The summed E-state index contributed by atoms with van der Waals surface area (Å²) in [6, 6.07) is 0.288. The van der Waals surface area contributed by atoms with Crippen molar-refractivity contribution in [1.82, 2.24) is 9.97 Å². The van der Waals surface area contributed by atoms with Crippen molar-refractivity contribution < 1.29 is 9.47 Å². The molecular formula is C13H22N4O2. The molecule has 1 saturated heterocycles. The quantitative estimate of drug-likeness (QED) is 0.819. The minimum Gasteiger partial charge on any atom is -0.490 e. The summed E-state index contributed by atoms with van der Waals surface area (Å²) in [5.41, 5.74) is 0. The number of anilines is 2. The van der Waals surface area contributed by atoms with E-state index in [1.807, 2.05) is 0 Å². The number of hydrogen-bond acceptors (Lipinski definition) is 6. The number of hydrogen-bond donors (Lipinski definition) is 2. The summed E-state index contributed by atoms with van der Waals surface area (Å²) in [7, 11) is 1.64. The van der Waals surface area contributed by atoms with Crippen LogP contribution in [0, 0.1) is 0 Å². The maximum atomic E-state index is 5.46. The average molecular weight is 266 g/mol. The molecule has 19 heavy (non-hydrogen) atoms. The van der Waals surface area contributed by atoms with Gasteiger partial charge < -0.3 is 20.1 Å².